The fourth-order valence-corrected chi connectivity index (χ4v) is 1.09. The Morgan fingerprint density at radius 1 is 1.50 bits per heavy atom. The van der Waals surface area contributed by atoms with Crippen molar-refractivity contribution >= 4 is 0 Å². The van der Waals surface area contributed by atoms with Gasteiger partial charge in [-0.3, -0.25) is 4.39 Å². The highest BCUT2D eigenvalue weighted by Crippen LogP contribution is 2.29. The maximum absolute atomic E-state index is 11.5. The van der Waals surface area contributed by atoms with Crippen molar-refractivity contribution in [1.82, 2.24) is 0 Å². The van der Waals surface area contributed by atoms with Gasteiger partial charge in [0.25, 0.3) is 0 Å². The van der Waals surface area contributed by atoms with Crippen molar-refractivity contribution in [3.63, 3.8) is 0 Å². The molecule has 0 bridgehead atoms. The first-order valence-electron chi connectivity index (χ1n) is 3.07. The van der Waals surface area contributed by atoms with Crippen molar-refractivity contribution in [2.75, 3.05) is 6.67 Å². The van der Waals surface area contributed by atoms with E-state index < -0.39 is 0 Å². The lowest BCUT2D eigenvalue weighted by molar-refractivity contribution is 0.0364. The van der Waals surface area contributed by atoms with Crippen molar-refractivity contribution < 1.29 is 9.50 Å². The summed E-state index contributed by atoms with van der Waals surface area (Å²) in [4.78, 5) is 0. The van der Waals surface area contributed by atoms with E-state index in [4.69, 9.17) is 5.11 Å². The van der Waals surface area contributed by atoms with E-state index in [1.165, 1.54) is 0 Å². The molecule has 0 aromatic rings. The Labute approximate surface area is 48.5 Å². The molecule has 1 rings (SSSR count). The zero-order chi connectivity index (χ0) is 5.98. The van der Waals surface area contributed by atoms with Crippen LogP contribution in [0.2, 0.25) is 0 Å². The van der Waals surface area contributed by atoms with Gasteiger partial charge in [0.15, 0.2) is 0 Å². The fraction of sp³-hybridized carbons (Fsp3) is 1.00. The third kappa shape index (κ3) is 1.19. The Morgan fingerprint density at radius 2 is 2.12 bits per heavy atom. The quantitative estimate of drug-likeness (QED) is 0.576. The van der Waals surface area contributed by atoms with Crippen LogP contribution in [-0.2, 0) is 0 Å². The van der Waals surface area contributed by atoms with Gasteiger partial charge < -0.3 is 5.11 Å². The zero-order valence-electron chi connectivity index (χ0n) is 4.81. The number of alkyl halides is 1. The van der Waals surface area contributed by atoms with Gasteiger partial charge in [0.05, 0.1) is 12.8 Å². The van der Waals surface area contributed by atoms with Gasteiger partial charge in [-0.1, -0.05) is 0 Å². The summed E-state index contributed by atoms with van der Waals surface area (Å²) in [7, 11) is 0. The molecule has 1 aliphatic rings. The highest BCUT2D eigenvalue weighted by molar-refractivity contribution is 4.77. The molecule has 1 saturated carbocycles. The van der Waals surface area contributed by atoms with Gasteiger partial charge in [0.1, 0.15) is 0 Å². The molecule has 0 aliphatic heterocycles. The van der Waals surface area contributed by atoms with E-state index in [1.807, 2.05) is 0 Å². The van der Waals surface area contributed by atoms with Crippen molar-refractivity contribution in [3.8, 4) is 0 Å². The summed E-state index contributed by atoms with van der Waals surface area (Å²) < 4.78 is 11.5. The monoisotopic (exact) mass is 118 g/mol. The minimum Gasteiger partial charge on any atom is -0.393 e. The standard InChI is InChI=1S/C6H11FO/c7-2-1-5-3-6(8)4-5/h5-6,8H,1-4H2. The minimum atomic E-state index is -0.225. The van der Waals surface area contributed by atoms with Gasteiger partial charge in [-0.25, -0.2) is 0 Å². The van der Waals surface area contributed by atoms with Crippen LogP contribution in [0.1, 0.15) is 19.3 Å². The van der Waals surface area contributed by atoms with Gasteiger partial charge in [0.2, 0.25) is 0 Å². The zero-order valence-corrected chi connectivity index (χ0v) is 4.81. The van der Waals surface area contributed by atoms with E-state index in [9.17, 15) is 4.39 Å². The second-order valence-electron chi connectivity index (χ2n) is 2.47. The van der Waals surface area contributed by atoms with Crippen molar-refractivity contribution in [3.05, 3.63) is 0 Å². The van der Waals surface area contributed by atoms with Crippen LogP contribution in [0.4, 0.5) is 4.39 Å². The highest BCUT2D eigenvalue weighted by atomic mass is 19.1. The highest BCUT2D eigenvalue weighted by Gasteiger charge is 2.26. The van der Waals surface area contributed by atoms with Gasteiger partial charge in [-0.2, -0.15) is 0 Å². The number of hydrogen-bond donors (Lipinski definition) is 1. The average molecular weight is 118 g/mol. The molecule has 1 nitrogen and oxygen atoms in total. The van der Waals surface area contributed by atoms with Crippen LogP contribution in [0.3, 0.4) is 0 Å². The third-order valence-electron chi connectivity index (χ3n) is 1.73. The Kier molecular flexibility index (Phi) is 1.84. The summed E-state index contributed by atoms with van der Waals surface area (Å²) in [5.74, 6) is 0.481. The van der Waals surface area contributed by atoms with Crippen molar-refractivity contribution in [1.29, 1.82) is 0 Å². The molecule has 0 aromatic heterocycles. The van der Waals surface area contributed by atoms with Crippen molar-refractivity contribution in [2.45, 2.75) is 25.4 Å². The molecular formula is C6H11FO. The van der Waals surface area contributed by atoms with Crippen LogP contribution in [0.15, 0.2) is 0 Å². The summed E-state index contributed by atoms with van der Waals surface area (Å²) in [6.07, 6.45) is 2.18. The van der Waals surface area contributed by atoms with Crippen LogP contribution < -0.4 is 0 Å². The Balaban J connectivity index is 1.98. The van der Waals surface area contributed by atoms with Gasteiger partial charge >= 0.3 is 0 Å². The van der Waals surface area contributed by atoms with E-state index in [1.54, 1.807) is 0 Å². The van der Waals surface area contributed by atoms with Crippen LogP contribution in [0, 0.1) is 5.92 Å². The average Bonchev–Trinajstić information content (AvgIpc) is 1.64. The molecule has 1 aliphatic carbocycles. The molecule has 2 heteroatoms. The summed E-state index contributed by atoms with van der Waals surface area (Å²) in [5, 5.41) is 8.72. The molecule has 1 fully saturated rings. The smallest absolute Gasteiger partial charge is 0.0897 e. The van der Waals surface area contributed by atoms with Crippen LogP contribution >= 0.6 is 0 Å². The predicted octanol–water partition coefficient (Wildman–Crippen LogP) is 1.12. The number of aliphatic hydroxyl groups is 1. The topological polar surface area (TPSA) is 20.2 Å². The number of halogens is 1. The van der Waals surface area contributed by atoms with Crippen LogP contribution in [0.5, 0.6) is 0 Å². The number of hydrogen-bond acceptors (Lipinski definition) is 1. The molecule has 8 heavy (non-hydrogen) atoms. The Morgan fingerprint density at radius 3 is 2.50 bits per heavy atom. The largest absolute Gasteiger partial charge is 0.393 e. The molecule has 0 unspecified atom stereocenters. The minimum absolute atomic E-state index is 0.119. The second-order valence-corrected chi connectivity index (χ2v) is 2.47. The summed E-state index contributed by atoms with van der Waals surface area (Å²) in [5.41, 5.74) is 0. The first-order valence-corrected chi connectivity index (χ1v) is 3.07. The van der Waals surface area contributed by atoms with Crippen molar-refractivity contribution in [2.24, 2.45) is 5.92 Å². The van der Waals surface area contributed by atoms with E-state index in [0.29, 0.717) is 12.3 Å². The van der Waals surface area contributed by atoms with Gasteiger partial charge in [-0.05, 0) is 25.2 Å². The lowest BCUT2D eigenvalue weighted by Gasteiger charge is -2.30. The number of rotatable bonds is 2. The maximum Gasteiger partial charge on any atom is 0.0897 e. The van der Waals surface area contributed by atoms with Crippen LogP contribution in [-0.4, -0.2) is 17.9 Å². The Hall–Kier alpha value is -0.110. The van der Waals surface area contributed by atoms with Gasteiger partial charge in [-0.15, -0.1) is 0 Å². The molecule has 48 valence electrons. The predicted molar refractivity (Wildman–Crippen MR) is 29.3 cm³/mol. The molecule has 0 atom stereocenters. The number of aliphatic hydroxyl groups excluding tert-OH is 1. The first-order chi connectivity index (χ1) is 3.83. The summed E-state index contributed by atoms with van der Waals surface area (Å²) in [6, 6.07) is 0. The second kappa shape index (κ2) is 2.44. The molecule has 0 amide bonds. The van der Waals surface area contributed by atoms with E-state index in [-0.39, 0.29) is 12.8 Å². The van der Waals surface area contributed by atoms with Crippen LogP contribution in [0.25, 0.3) is 0 Å². The maximum atomic E-state index is 11.5. The van der Waals surface area contributed by atoms with E-state index in [0.717, 1.165) is 12.8 Å². The molecule has 0 saturated heterocycles. The van der Waals surface area contributed by atoms with Gasteiger partial charge in [0, 0.05) is 0 Å². The summed E-state index contributed by atoms with van der Waals surface area (Å²) >= 11 is 0. The lowest BCUT2D eigenvalue weighted by atomic mass is 9.81. The molecular weight excluding hydrogens is 107 g/mol. The molecule has 0 radical (unpaired) electrons. The Bertz CT molecular complexity index is 66.2. The van der Waals surface area contributed by atoms with E-state index >= 15 is 0 Å². The molecule has 0 aromatic carbocycles. The molecule has 0 spiro atoms. The summed E-state index contributed by atoms with van der Waals surface area (Å²) in [6.45, 7) is -0.225. The third-order valence-corrected chi connectivity index (χ3v) is 1.73. The fourth-order valence-electron chi connectivity index (χ4n) is 1.09. The SMILES string of the molecule is OC1CC(CCF)C1. The normalized spacial score (nSPS) is 36.8. The lowest BCUT2D eigenvalue weighted by Crippen LogP contribution is -2.28. The molecule has 1 N–H and O–H groups in total. The first kappa shape index (κ1) is 6.02. The van der Waals surface area contributed by atoms with E-state index in [2.05, 4.69) is 0 Å². The molecule has 0 heterocycles.